The molecule has 304 valence electrons. The molecule has 1 aliphatic heterocycles. The highest BCUT2D eigenvalue weighted by molar-refractivity contribution is 5.94. The molecule has 7 N–H and O–H groups in total. The number of amides is 1. The monoisotopic (exact) mass is 796 g/mol. The van der Waals surface area contributed by atoms with E-state index in [2.05, 4.69) is 32.7 Å². The SMILES string of the molecule is O=C(NCCCOc1cccc([C@@](O)(C(=O)O)c2ccccc2[C@@H]2CCN(Cc3ccccc3)C2)c1)c1ccc(CNC[C@H](O)c2ccc(O)c3[nH]c(=O)ccc23)cc1. The number of aliphatic carboxylic acids is 1. The van der Waals surface area contributed by atoms with Gasteiger partial charge in [0.1, 0.15) is 11.5 Å². The molecule has 0 radical (unpaired) electrons. The quantitative estimate of drug-likeness (QED) is 0.0577. The molecule has 1 aromatic heterocycles. The number of hydrogen-bond donors (Lipinski definition) is 7. The molecule has 0 spiro atoms. The summed E-state index contributed by atoms with van der Waals surface area (Å²) < 4.78 is 5.96. The van der Waals surface area contributed by atoms with Crippen LogP contribution in [-0.4, -0.2) is 75.0 Å². The van der Waals surface area contributed by atoms with Gasteiger partial charge in [0, 0.05) is 60.9 Å². The van der Waals surface area contributed by atoms with Crippen molar-refractivity contribution in [1.29, 1.82) is 0 Å². The van der Waals surface area contributed by atoms with Crippen molar-refractivity contribution >= 4 is 22.8 Å². The number of nitrogens with one attached hydrogen (secondary N) is 3. The number of benzene rings is 5. The molecule has 2 heterocycles. The van der Waals surface area contributed by atoms with E-state index in [4.69, 9.17) is 4.74 Å². The lowest BCUT2D eigenvalue weighted by Crippen LogP contribution is -2.38. The van der Waals surface area contributed by atoms with E-state index in [9.17, 15) is 34.8 Å². The molecule has 59 heavy (non-hydrogen) atoms. The minimum atomic E-state index is -2.30. The van der Waals surface area contributed by atoms with Crippen LogP contribution in [0.15, 0.2) is 132 Å². The molecule has 5 aromatic carbocycles. The van der Waals surface area contributed by atoms with Crippen molar-refractivity contribution in [2.24, 2.45) is 0 Å². The van der Waals surface area contributed by atoms with E-state index in [1.807, 2.05) is 42.5 Å². The van der Waals surface area contributed by atoms with E-state index < -0.39 is 17.7 Å². The Morgan fingerprint density at radius 1 is 0.898 bits per heavy atom. The smallest absolute Gasteiger partial charge is 0.345 e. The van der Waals surface area contributed by atoms with E-state index in [-0.39, 0.29) is 47.4 Å². The zero-order chi connectivity index (χ0) is 41.4. The van der Waals surface area contributed by atoms with E-state index in [0.29, 0.717) is 47.3 Å². The van der Waals surface area contributed by atoms with Gasteiger partial charge in [0.25, 0.3) is 5.91 Å². The second kappa shape index (κ2) is 18.5. The third-order valence-electron chi connectivity index (χ3n) is 10.9. The second-order valence-corrected chi connectivity index (χ2v) is 14.9. The summed E-state index contributed by atoms with van der Waals surface area (Å²) in [7, 11) is 0. The largest absolute Gasteiger partial charge is 0.506 e. The number of carbonyl (C=O) groups is 2. The third kappa shape index (κ3) is 9.54. The summed E-state index contributed by atoms with van der Waals surface area (Å²) in [6, 6.07) is 37.2. The number of carboxylic acids is 1. The van der Waals surface area contributed by atoms with Crippen molar-refractivity contribution in [2.45, 2.75) is 43.6 Å². The first kappa shape index (κ1) is 40.9. The van der Waals surface area contributed by atoms with Crippen molar-refractivity contribution in [3.05, 3.63) is 177 Å². The predicted octanol–water partition coefficient (Wildman–Crippen LogP) is 5.57. The maximum Gasteiger partial charge on any atom is 0.345 e. The van der Waals surface area contributed by atoms with E-state index in [1.165, 1.54) is 17.7 Å². The number of aromatic nitrogens is 1. The van der Waals surface area contributed by atoms with Crippen molar-refractivity contribution in [3.8, 4) is 11.5 Å². The molecular formula is C47H48N4O8. The summed E-state index contributed by atoms with van der Waals surface area (Å²) in [4.78, 5) is 42.4. The molecule has 0 unspecified atom stereocenters. The van der Waals surface area contributed by atoms with Gasteiger partial charge < -0.3 is 40.8 Å². The molecule has 0 saturated carbocycles. The van der Waals surface area contributed by atoms with Gasteiger partial charge in [-0.1, -0.05) is 84.9 Å². The van der Waals surface area contributed by atoms with E-state index in [0.717, 1.165) is 37.2 Å². The van der Waals surface area contributed by atoms with Crippen LogP contribution >= 0.6 is 0 Å². The average Bonchev–Trinajstić information content (AvgIpc) is 3.72. The van der Waals surface area contributed by atoms with Crippen molar-refractivity contribution in [1.82, 2.24) is 20.5 Å². The van der Waals surface area contributed by atoms with Gasteiger partial charge in [0.05, 0.1) is 18.2 Å². The van der Waals surface area contributed by atoms with E-state index >= 15 is 0 Å². The van der Waals surface area contributed by atoms with Gasteiger partial charge in [-0.2, -0.15) is 0 Å². The maximum absolute atomic E-state index is 12.9. The highest BCUT2D eigenvalue weighted by Gasteiger charge is 2.43. The van der Waals surface area contributed by atoms with Crippen LogP contribution in [0.25, 0.3) is 10.9 Å². The standard InChI is InChI=1S/C47H48N4O8/c52-41-20-18-38(39-19-21-43(54)50-44(39)41)42(53)28-48-27-31-14-16-33(17-15-31)45(55)49-23-7-25-59-36-11-6-10-35(26-36)47(58,46(56)57)40-13-5-4-12-37(40)34-22-24-51(30-34)29-32-8-2-1-3-9-32/h1-6,8-21,26,34,42,48,52-53,58H,7,22-25,27-30H2,(H,49,55)(H,50,54)(H,56,57)/t34-,42+,47+/m1/s1. The number of phenolic OH excluding ortho intramolecular Hbond substituents is 1. The fourth-order valence-corrected chi connectivity index (χ4v) is 7.81. The fourth-order valence-electron chi connectivity index (χ4n) is 7.81. The lowest BCUT2D eigenvalue weighted by atomic mass is 9.80. The Labute approximate surface area is 341 Å². The lowest BCUT2D eigenvalue weighted by molar-refractivity contribution is -0.155. The van der Waals surface area contributed by atoms with Crippen LogP contribution in [0.5, 0.6) is 11.5 Å². The van der Waals surface area contributed by atoms with E-state index in [1.54, 1.807) is 60.7 Å². The van der Waals surface area contributed by atoms with Gasteiger partial charge in [-0.25, -0.2) is 4.79 Å². The van der Waals surface area contributed by atoms with Gasteiger partial charge >= 0.3 is 5.97 Å². The first-order chi connectivity index (χ1) is 28.6. The molecule has 0 aliphatic carbocycles. The number of carbonyl (C=O) groups excluding carboxylic acids is 1. The second-order valence-electron chi connectivity index (χ2n) is 14.9. The van der Waals surface area contributed by atoms with Crippen LogP contribution < -0.4 is 20.9 Å². The maximum atomic E-state index is 12.9. The van der Waals surface area contributed by atoms with Gasteiger partial charge in [-0.15, -0.1) is 0 Å². The fraction of sp³-hybridized carbons (Fsp3) is 0.255. The highest BCUT2D eigenvalue weighted by Crippen LogP contribution is 2.39. The van der Waals surface area contributed by atoms with Crippen molar-refractivity contribution in [3.63, 3.8) is 0 Å². The van der Waals surface area contributed by atoms with Gasteiger partial charge in [0.2, 0.25) is 11.2 Å². The summed E-state index contributed by atoms with van der Waals surface area (Å²) in [5.41, 5.74) is 2.18. The Morgan fingerprint density at radius 2 is 1.68 bits per heavy atom. The van der Waals surface area contributed by atoms with Crippen LogP contribution in [-0.2, 0) is 23.5 Å². The number of likely N-dealkylation sites (tertiary alicyclic amines) is 1. The van der Waals surface area contributed by atoms with Gasteiger partial charge in [-0.3, -0.25) is 14.5 Å². The normalized spacial score (nSPS) is 15.7. The van der Waals surface area contributed by atoms with Crippen LogP contribution in [0, 0.1) is 0 Å². The van der Waals surface area contributed by atoms with Crippen LogP contribution in [0.1, 0.15) is 68.6 Å². The Morgan fingerprint density at radius 3 is 2.47 bits per heavy atom. The number of hydrogen-bond acceptors (Lipinski definition) is 9. The molecular weight excluding hydrogens is 749 g/mol. The summed E-state index contributed by atoms with van der Waals surface area (Å²) >= 11 is 0. The Kier molecular flexibility index (Phi) is 12.8. The highest BCUT2D eigenvalue weighted by atomic mass is 16.5. The first-order valence-electron chi connectivity index (χ1n) is 19.8. The van der Waals surface area contributed by atoms with Crippen molar-refractivity contribution < 1.29 is 34.8 Å². The van der Waals surface area contributed by atoms with Crippen LogP contribution in [0.2, 0.25) is 0 Å². The van der Waals surface area contributed by atoms with Crippen LogP contribution in [0.3, 0.4) is 0 Å². The zero-order valence-corrected chi connectivity index (χ0v) is 32.5. The summed E-state index contributed by atoms with van der Waals surface area (Å²) in [5, 5.41) is 50.1. The summed E-state index contributed by atoms with van der Waals surface area (Å²) in [5.74, 6) is -1.21. The molecule has 1 saturated heterocycles. The lowest BCUT2D eigenvalue weighted by Gasteiger charge is -2.29. The topological polar surface area (TPSA) is 184 Å². The molecule has 1 aliphatic rings. The van der Waals surface area contributed by atoms with Crippen molar-refractivity contribution in [2.75, 3.05) is 32.8 Å². The number of H-pyrrole nitrogens is 1. The molecule has 1 fully saturated rings. The Bertz CT molecular complexity index is 2460. The number of ether oxygens (including phenoxy) is 1. The molecule has 1 amide bonds. The summed E-state index contributed by atoms with van der Waals surface area (Å²) in [6.07, 6.45) is 0.444. The average molecular weight is 797 g/mol. The molecule has 0 bridgehead atoms. The number of pyridine rings is 1. The molecule has 12 heteroatoms. The zero-order valence-electron chi connectivity index (χ0n) is 32.5. The number of nitrogens with zero attached hydrogens (tertiary/aromatic N) is 1. The number of carboxylic acid groups (broad SMARTS) is 1. The number of aliphatic hydroxyl groups is 2. The molecule has 7 rings (SSSR count). The summed E-state index contributed by atoms with van der Waals surface area (Å²) in [6.45, 7) is 3.68. The first-order valence-corrected chi connectivity index (χ1v) is 19.8. The van der Waals surface area contributed by atoms with Crippen LogP contribution in [0.4, 0.5) is 0 Å². The Balaban J connectivity index is 0.886. The number of phenols is 1. The number of fused-ring (bicyclic) bond motifs is 1. The van der Waals surface area contributed by atoms with Gasteiger partial charge in [0.15, 0.2) is 0 Å². The number of rotatable bonds is 17. The Hall–Kier alpha value is -6.31. The molecule has 6 aromatic rings. The third-order valence-corrected chi connectivity index (χ3v) is 10.9. The minimum absolute atomic E-state index is 0.0617. The molecule has 12 nitrogen and oxygen atoms in total. The number of aliphatic hydroxyl groups excluding tert-OH is 1. The minimum Gasteiger partial charge on any atom is -0.506 e. The molecule has 3 atom stereocenters. The van der Waals surface area contributed by atoms with Gasteiger partial charge in [-0.05, 0) is 84.0 Å². The predicted molar refractivity (Wildman–Crippen MR) is 224 cm³/mol. The number of aromatic hydroxyl groups is 1. The number of aromatic amines is 1.